The molecule has 2 rings (SSSR count). The maximum atomic E-state index is 13.3. The Morgan fingerprint density at radius 1 is 1.06 bits per heavy atom. The van der Waals surface area contributed by atoms with Gasteiger partial charge in [-0.25, -0.2) is 13.8 Å². The third-order valence-corrected chi connectivity index (χ3v) is 2.43. The Labute approximate surface area is 102 Å². The highest BCUT2D eigenvalue weighted by Crippen LogP contribution is 2.10. The van der Waals surface area contributed by atoms with Gasteiger partial charge >= 0.3 is 0 Å². The molecule has 1 aromatic carbocycles. The quantitative estimate of drug-likeness (QED) is 0.845. The van der Waals surface area contributed by atoms with Crippen molar-refractivity contribution in [2.45, 2.75) is 6.42 Å². The van der Waals surface area contributed by atoms with Gasteiger partial charge in [0.15, 0.2) is 0 Å². The molecular weight excluding hydrogens is 241 g/mol. The Morgan fingerprint density at radius 3 is 2.61 bits per heavy atom. The second kappa shape index (κ2) is 5.53. The molecule has 5 heteroatoms. The van der Waals surface area contributed by atoms with Gasteiger partial charge in [-0.15, -0.1) is 0 Å². The van der Waals surface area contributed by atoms with Gasteiger partial charge in [-0.3, -0.25) is 0 Å². The van der Waals surface area contributed by atoms with Crippen molar-refractivity contribution in [1.29, 1.82) is 0 Å². The van der Waals surface area contributed by atoms with E-state index in [-0.39, 0.29) is 0 Å². The number of anilines is 1. The Hall–Kier alpha value is -2.04. The highest BCUT2D eigenvalue weighted by molar-refractivity contribution is 5.34. The monoisotopic (exact) mass is 252 g/mol. The average molecular weight is 252 g/mol. The van der Waals surface area contributed by atoms with E-state index in [1.54, 1.807) is 6.07 Å². The second-order valence-corrected chi connectivity index (χ2v) is 3.76. The summed E-state index contributed by atoms with van der Waals surface area (Å²) < 4.78 is 38.7. The third-order valence-electron chi connectivity index (χ3n) is 2.43. The standard InChI is InChI=1S/C13H11F3N2/c14-10-5-4-9(11(15)8-10)6-7-17-13-3-1-2-12(16)18-13/h1-5,8H,6-7H2,(H,17,18). The molecule has 0 atom stereocenters. The van der Waals surface area contributed by atoms with Gasteiger partial charge in [0.05, 0.1) is 0 Å². The summed E-state index contributed by atoms with van der Waals surface area (Å²) in [4.78, 5) is 3.61. The Morgan fingerprint density at radius 2 is 1.89 bits per heavy atom. The van der Waals surface area contributed by atoms with Gasteiger partial charge in [0, 0.05) is 12.6 Å². The summed E-state index contributed by atoms with van der Waals surface area (Å²) >= 11 is 0. The van der Waals surface area contributed by atoms with Crippen LogP contribution in [0.1, 0.15) is 5.56 Å². The molecule has 0 bridgehead atoms. The summed E-state index contributed by atoms with van der Waals surface area (Å²) in [6, 6.07) is 7.83. The fourth-order valence-electron chi connectivity index (χ4n) is 1.56. The van der Waals surface area contributed by atoms with E-state index < -0.39 is 17.6 Å². The van der Waals surface area contributed by atoms with E-state index in [2.05, 4.69) is 10.3 Å². The van der Waals surface area contributed by atoms with Crippen LogP contribution in [0.3, 0.4) is 0 Å². The molecule has 2 aromatic rings. The number of nitrogens with zero attached hydrogens (tertiary/aromatic N) is 1. The zero-order chi connectivity index (χ0) is 13.0. The van der Waals surface area contributed by atoms with Crippen molar-refractivity contribution >= 4 is 5.82 Å². The van der Waals surface area contributed by atoms with Gasteiger partial charge in [-0.2, -0.15) is 4.39 Å². The van der Waals surface area contributed by atoms with Crippen LogP contribution in [0.15, 0.2) is 36.4 Å². The summed E-state index contributed by atoms with van der Waals surface area (Å²) in [5.41, 5.74) is 0.403. The second-order valence-electron chi connectivity index (χ2n) is 3.76. The Balaban J connectivity index is 1.92. The average Bonchev–Trinajstić information content (AvgIpc) is 2.32. The summed E-state index contributed by atoms with van der Waals surface area (Å²) in [7, 11) is 0. The van der Waals surface area contributed by atoms with Crippen molar-refractivity contribution in [3.63, 3.8) is 0 Å². The van der Waals surface area contributed by atoms with E-state index in [0.29, 0.717) is 24.3 Å². The van der Waals surface area contributed by atoms with Crippen LogP contribution < -0.4 is 5.32 Å². The predicted octanol–water partition coefficient (Wildman–Crippen LogP) is 3.15. The number of hydrogen-bond acceptors (Lipinski definition) is 2. The molecule has 0 aliphatic rings. The molecule has 0 unspecified atom stereocenters. The molecule has 1 heterocycles. The van der Waals surface area contributed by atoms with E-state index in [1.807, 2.05) is 0 Å². The summed E-state index contributed by atoms with van der Waals surface area (Å²) in [5, 5.41) is 2.86. The summed E-state index contributed by atoms with van der Waals surface area (Å²) in [6.07, 6.45) is 0.365. The number of hydrogen-bond donors (Lipinski definition) is 1. The number of rotatable bonds is 4. The lowest BCUT2D eigenvalue weighted by molar-refractivity contribution is 0.572. The van der Waals surface area contributed by atoms with E-state index in [0.717, 1.165) is 6.07 Å². The molecule has 2 nitrogen and oxygen atoms in total. The first-order valence-electron chi connectivity index (χ1n) is 5.45. The lowest BCUT2D eigenvalue weighted by atomic mass is 10.1. The van der Waals surface area contributed by atoms with Gasteiger partial charge < -0.3 is 5.32 Å². The van der Waals surface area contributed by atoms with Crippen LogP contribution in [0.5, 0.6) is 0 Å². The van der Waals surface area contributed by atoms with Gasteiger partial charge in [0.25, 0.3) is 0 Å². The van der Waals surface area contributed by atoms with Crippen molar-refractivity contribution < 1.29 is 13.2 Å². The van der Waals surface area contributed by atoms with Crippen LogP contribution >= 0.6 is 0 Å². The van der Waals surface area contributed by atoms with E-state index in [4.69, 9.17) is 0 Å². The minimum absolute atomic E-state index is 0.365. The maximum Gasteiger partial charge on any atom is 0.214 e. The molecule has 1 aromatic heterocycles. The zero-order valence-corrected chi connectivity index (χ0v) is 9.46. The fourth-order valence-corrected chi connectivity index (χ4v) is 1.56. The molecule has 0 saturated carbocycles. The zero-order valence-electron chi connectivity index (χ0n) is 9.46. The van der Waals surface area contributed by atoms with Crippen LogP contribution in [-0.2, 0) is 6.42 Å². The molecular formula is C13H11F3N2. The van der Waals surface area contributed by atoms with Crippen molar-refractivity contribution in [2.24, 2.45) is 0 Å². The molecule has 0 spiro atoms. The fraction of sp³-hybridized carbons (Fsp3) is 0.154. The highest BCUT2D eigenvalue weighted by atomic mass is 19.1. The molecule has 94 valence electrons. The van der Waals surface area contributed by atoms with Gasteiger partial charge in [-0.1, -0.05) is 12.1 Å². The molecule has 0 aliphatic carbocycles. The van der Waals surface area contributed by atoms with Crippen LogP contribution in [-0.4, -0.2) is 11.5 Å². The molecule has 0 aliphatic heterocycles. The van der Waals surface area contributed by atoms with Crippen LogP contribution in [0, 0.1) is 17.6 Å². The van der Waals surface area contributed by atoms with E-state index in [9.17, 15) is 13.2 Å². The molecule has 0 radical (unpaired) electrons. The smallest absolute Gasteiger partial charge is 0.214 e. The number of nitrogens with one attached hydrogen (secondary N) is 1. The SMILES string of the molecule is Fc1ccc(CCNc2cccc(F)n2)c(F)c1. The predicted molar refractivity (Wildman–Crippen MR) is 62.7 cm³/mol. The first-order valence-corrected chi connectivity index (χ1v) is 5.45. The number of pyridine rings is 1. The minimum Gasteiger partial charge on any atom is -0.370 e. The van der Waals surface area contributed by atoms with Gasteiger partial charge in [-0.05, 0) is 30.2 Å². The first-order chi connectivity index (χ1) is 8.65. The summed E-state index contributed by atoms with van der Waals surface area (Å²) in [5.74, 6) is -1.37. The van der Waals surface area contributed by atoms with Crippen LogP contribution in [0.2, 0.25) is 0 Å². The van der Waals surface area contributed by atoms with E-state index >= 15 is 0 Å². The molecule has 18 heavy (non-hydrogen) atoms. The van der Waals surface area contributed by atoms with Crippen molar-refractivity contribution in [3.05, 3.63) is 59.5 Å². The minimum atomic E-state index is -0.601. The molecule has 0 saturated heterocycles. The topological polar surface area (TPSA) is 24.9 Å². The Kier molecular flexibility index (Phi) is 3.82. The molecule has 0 amide bonds. The highest BCUT2D eigenvalue weighted by Gasteiger charge is 2.03. The summed E-state index contributed by atoms with van der Waals surface area (Å²) in [6.45, 7) is 0.388. The Bertz CT molecular complexity index is 544. The number of halogens is 3. The number of aromatic nitrogens is 1. The maximum absolute atomic E-state index is 13.3. The lowest BCUT2D eigenvalue weighted by Gasteiger charge is -2.06. The van der Waals surface area contributed by atoms with Crippen molar-refractivity contribution in [2.75, 3.05) is 11.9 Å². The van der Waals surface area contributed by atoms with Crippen LogP contribution in [0.25, 0.3) is 0 Å². The lowest BCUT2D eigenvalue weighted by Crippen LogP contribution is -2.07. The van der Waals surface area contributed by atoms with E-state index in [1.165, 1.54) is 24.3 Å². The largest absolute Gasteiger partial charge is 0.370 e. The van der Waals surface area contributed by atoms with Crippen LogP contribution in [0.4, 0.5) is 19.0 Å². The van der Waals surface area contributed by atoms with Gasteiger partial charge in [0.1, 0.15) is 17.5 Å². The third kappa shape index (κ3) is 3.23. The normalized spacial score (nSPS) is 10.4. The number of benzene rings is 1. The van der Waals surface area contributed by atoms with Crippen molar-refractivity contribution in [3.8, 4) is 0 Å². The molecule has 0 fully saturated rings. The van der Waals surface area contributed by atoms with Crippen molar-refractivity contribution in [1.82, 2.24) is 4.98 Å². The molecule has 1 N–H and O–H groups in total. The first kappa shape index (κ1) is 12.4. The van der Waals surface area contributed by atoms with Gasteiger partial charge in [0.2, 0.25) is 5.95 Å².